The average molecular weight is 762 g/mol. The van der Waals surface area contributed by atoms with Gasteiger partial charge in [0.1, 0.15) is 11.2 Å². The third-order valence-electron chi connectivity index (χ3n) is 13.4. The number of furan rings is 1. The molecule has 294 valence electrons. The summed E-state index contributed by atoms with van der Waals surface area (Å²) >= 11 is 0. The summed E-state index contributed by atoms with van der Waals surface area (Å²) in [6, 6.07) is 42.4. The molecule has 0 bridgehead atoms. The first kappa shape index (κ1) is 38.5. The number of benzene rings is 6. The van der Waals surface area contributed by atoms with Crippen molar-refractivity contribution in [1.82, 2.24) is 0 Å². The van der Waals surface area contributed by atoms with E-state index in [1.807, 2.05) is 0 Å². The molecule has 9 rings (SSSR count). The van der Waals surface area contributed by atoms with Crippen LogP contribution < -0.4 is 21.3 Å². The number of hydrogen-bond acceptors (Lipinski definition) is 2. The van der Waals surface area contributed by atoms with Crippen LogP contribution in [0.15, 0.2) is 114 Å². The van der Waals surface area contributed by atoms with Gasteiger partial charge in [-0.05, 0) is 95.8 Å². The fraction of sp³-hybridized carbons (Fsp3) is 0.345. The molecular formula is C55H60BNO. The number of para-hydroxylation sites is 1. The molecule has 2 aliphatic rings. The Hall–Kier alpha value is -5.02. The Morgan fingerprint density at radius 3 is 1.72 bits per heavy atom. The molecule has 7 aromatic rings. The Labute approximate surface area is 347 Å². The predicted octanol–water partition coefficient (Wildman–Crippen LogP) is 13.4. The maximum absolute atomic E-state index is 6.74. The summed E-state index contributed by atoms with van der Waals surface area (Å²) in [6.07, 6.45) is 0. The maximum Gasteiger partial charge on any atom is 0.247 e. The smallest absolute Gasteiger partial charge is 0.247 e. The van der Waals surface area contributed by atoms with E-state index in [4.69, 9.17) is 4.42 Å². The van der Waals surface area contributed by atoms with E-state index in [0.717, 1.165) is 16.6 Å². The molecule has 0 radical (unpaired) electrons. The zero-order chi connectivity index (χ0) is 41.5. The molecule has 58 heavy (non-hydrogen) atoms. The van der Waals surface area contributed by atoms with Crippen LogP contribution in [-0.4, -0.2) is 6.71 Å². The molecule has 3 heterocycles. The molecule has 0 N–H and O–H groups in total. The standard InChI is InChI=1S/C55H60BNO/c1-51(2,3)34-21-19-33(20-22-34)39-27-35(52(4,5)6)24-26-45(39)57-46-32-49-40(38-17-15-16-18-48(38)58-49)31-44(46)56-43-29-36(53(7,8)9)23-25-41(43)55(13,14)42-28-37(54(10,11)12)30-47(57)50(42)56/h15-32H,1-14H3. The number of nitrogens with zero attached hydrogens (tertiary/aromatic N) is 1. The highest BCUT2D eigenvalue weighted by Crippen LogP contribution is 2.49. The summed E-state index contributed by atoms with van der Waals surface area (Å²) in [6.45, 7) is 32.9. The minimum atomic E-state index is -0.217. The van der Waals surface area contributed by atoms with E-state index in [9.17, 15) is 0 Å². The van der Waals surface area contributed by atoms with Gasteiger partial charge >= 0.3 is 0 Å². The SMILES string of the molecule is CC(C)(C)c1ccc(-c2cc(C(C)(C)C)ccc2N2c3cc4oc5ccccc5c4cc3B3c4cc(C(C)(C)C)ccc4C(C)(C)c4cc(C(C)(C)C)cc2c43)cc1. The third kappa shape index (κ3) is 5.98. The minimum Gasteiger partial charge on any atom is -0.456 e. The second-order valence-corrected chi connectivity index (χ2v) is 22.0. The molecule has 2 aliphatic heterocycles. The van der Waals surface area contributed by atoms with E-state index in [0.29, 0.717) is 0 Å². The Morgan fingerprint density at radius 2 is 1.07 bits per heavy atom. The molecule has 2 nitrogen and oxygen atoms in total. The number of rotatable bonds is 2. The Balaban J connectivity index is 1.44. The van der Waals surface area contributed by atoms with Crippen molar-refractivity contribution in [2.24, 2.45) is 0 Å². The van der Waals surface area contributed by atoms with Gasteiger partial charge in [-0.2, -0.15) is 0 Å². The second kappa shape index (κ2) is 12.5. The molecule has 1 aromatic heterocycles. The van der Waals surface area contributed by atoms with Gasteiger partial charge in [0.15, 0.2) is 0 Å². The van der Waals surface area contributed by atoms with Crippen LogP contribution in [0.25, 0.3) is 33.1 Å². The second-order valence-electron chi connectivity index (χ2n) is 22.0. The Bertz CT molecular complexity index is 2790. The van der Waals surface area contributed by atoms with Gasteiger partial charge in [-0.3, -0.25) is 0 Å². The van der Waals surface area contributed by atoms with Crippen molar-refractivity contribution in [3.63, 3.8) is 0 Å². The van der Waals surface area contributed by atoms with Crippen molar-refractivity contribution in [1.29, 1.82) is 0 Å². The topological polar surface area (TPSA) is 16.4 Å². The summed E-state index contributed by atoms with van der Waals surface area (Å²) in [5.74, 6) is 0. The van der Waals surface area contributed by atoms with Gasteiger partial charge in [0, 0.05) is 39.2 Å². The van der Waals surface area contributed by atoms with Gasteiger partial charge in [-0.25, -0.2) is 0 Å². The lowest BCUT2D eigenvalue weighted by atomic mass is 9.30. The molecule has 0 saturated carbocycles. The van der Waals surface area contributed by atoms with Crippen molar-refractivity contribution >= 4 is 62.1 Å². The van der Waals surface area contributed by atoms with Crippen LogP contribution in [0.3, 0.4) is 0 Å². The normalized spacial score (nSPS) is 15.1. The van der Waals surface area contributed by atoms with Crippen LogP contribution in [-0.2, 0) is 27.1 Å². The Kier molecular flexibility index (Phi) is 8.30. The average Bonchev–Trinajstić information content (AvgIpc) is 3.51. The molecule has 0 saturated heterocycles. The maximum atomic E-state index is 6.74. The van der Waals surface area contributed by atoms with Crippen molar-refractivity contribution in [3.05, 3.63) is 143 Å². The zero-order valence-corrected chi connectivity index (χ0v) is 37.3. The van der Waals surface area contributed by atoms with E-state index < -0.39 is 0 Å². The summed E-state index contributed by atoms with van der Waals surface area (Å²) < 4.78 is 6.74. The van der Waals surface area contributed by atoms with Crippen LogP contribution in [0.4, 0.5) is 17.1 Å². The van der Waals surface area contributed by atoms with Crippen LogP contribution in [0.2, 0.25) is 0 Å². The molecule has 0 unspecified atom stereocenters. The highest BCUT2D eigenvalue weighted by molar-refractivity contribution is 6.99. The highest BCUT2D eigenvalue weighted by atomic mass is 16.3. The molecule has 0 amide bonds. The van der Waals surface area contributed by atoms with Crippen LogP contribution in [0.5, 0.6) is 0 Å². The van der Waals surface area contributed by atoms with Gasteiger partial charge < -0.3 is 9.32 Å². The number of anilines is 3. The van der Waals surface area contributed by atoms with Crippen molar-refractivity contribution < 1.29 is 4.42 Å². The fourth-order valence-electron chi connectivity index (χ4n) is 9.71. The highest BCUT2D eigenvalue weighted by Gasteiger charge is 2.47. The predicted molar refractivity (Wildman–Crippen MR) is 252 cm³/mol. The lowest BCUT2D eigenvalue weighted by molar-refractivity contribution is 0.580. The van der Waals surface area contributed by atoms with Gasteiger partial charge in [-0.1, -0.05) is 181 Å². The number of hydrogen-bond donors (Lipinski definition) is 0. The van der Waals surface area contributed by atoms with E-state index >= 15 is 0 Å². The molecule has 6 aromatic carbocycles. The Morgan fingerprint density at radius 1 is 0.466 bits per heavy atom. The van der Waals surface area contributed by atoms with E-state index in [2.05, 4.69) is 211 Å². The summed E-state index contributed by atoms with van der Waals surface area (Å²) in [5.41, 5.74) is 20.1. The van der Waals surface area contributed by atoms with Crippen molar-refractivity contribution in [2.75, 3.05) is 4.90 Å². The third-order valence-corrected chi connectivity index (χ3v) is 13.4. The number of fused-ring (bicyclic) bond motifs is 7. The minimum absolute atomic E-state index is 0.0128. The van der Waals surface area contributed by atoms with E-state index in [-0.39, 0.29) is 33.8 Å². The van der Waals surface area contributed by atoms with Gasteiger partial charge in [-0.15, -0.1) is 0 Å². The molecular weight excluding hydrogens is 701 g/mol. The largest absolute Gasteiger partial charge is 0.456 e. The molecule has 0 spiro atoms. The molecule has 0 aliphatic carbocycles. The van der Waals surface area contributed by atoms with E-state index in [1.165, 1.54) is 83.3 Å². The van der Waals surface area contributed by atoms with Gasteiger partial charge in [0.2, 0.25) is 6.71 Å². The molecule has 3 heteroatoms. The van der Waals surface area contributed by atoms with Crippen molar-refractivity contribution in [2.45, 2.75) is 124 Å². The van der Waals surface area contributed by atoms with Crippen molar-refractivity contribution in [3.8, 4) is 11.1 Å². The first-order chi connectivity index (χ1) is 27.0. The monoisotopic (exact) mass is 761 g/mol. The summed E-state index contributed by atoms with van der Waals surface area (Å²) in [7, 11) is 0. The fourth-order valence-corrected chi connectivity index (χ4v) is 9.71. The zero-order valence-electron chi connectivity index (χ0n) is 37.3. The molecule has 0 fully saturated rings. The quantitative estimate of drug-likeness (QED) is 0.163. The first-order valence-corrected chi connectivity index (χ1v) is 21.4. The van der Waals surface area contributed by atoms with Crippen LogP contribution in [0.1, 0.15) is 130 Å². The molecule has 0 atom stereocenters. The van der Waals surface area contributed by atoms with Crippen LogP contribution in [0, 0.1) is 0 Å². The summed E-state index contributed by atoms with van der Waals surface area (Å²) in [5, 5.41) is 2.33. The lowest BCUT2D eigenvalue weighted by Gasteiger charge is -2.47. The van der Waals surface area contributed by atoms with E-state index in [1.54, 1.807) is 0 Å². The summed E-state index contributed by atoms with van der Waals surface area (Å²) in [4.78, 5) is 2.61. The van der Waals surface area contributed by atoms with Gasteiger partial charge in [0.05, 0.1) is 5.69 Å². The van der Waals surface area contributed by atoms with Crippen LogP contribution >= 0.6 is 0 Å². The van der Waals surface area contributed by atoms with Gasteiger partial charge in [0.25, 0.3) is 0 Å². The lowest BCUT2D eigenvalue weighted by Crippen LogP contribution is -2.64. The first-order valence-electron chi connectivity index (χ1n) is 21.4.